The number of aromatic nitrogens is 2. The molecule has 0 fully saturated rings. The first-order chi connectivity index (χ1) is 15.0. The molecule has 2 N–H and O–H groups in total. The molecule has 3 aromatic rings. The number of fused-ring (bicyclic) bond motifs is 1. The average molecular weight is 422 g/mol. The van der Waals surface area contributed by atoms with Crippen LogP contribution in [0.1, 0.15) is 11.6 Å². The maximum absolute atomic E-state index is 12.8. The van der Waals surface area contributed by atoms with Gasteiger partial charge in [-0.3, -0.25) is 0 Å². The lowest BCUT2D eigenvalue weighted by molar-refractivity contribution is -0.136. The number of hydrogen-bond acceptors (Lipinski definition) is 6. The van der Waals surface area contributed by atoms with Gasteiger partial charge >= 0.3 is 12.0 Å². The number of benzene rings is 2. The van der Waals surface area contributed by atoms with Crippen molar-refractivity contribution in [1.82, 2.24) is 20.2 Å². The fraction of sp³-hybridized carbons (Fsp3) is 0.227. The van der Waals surface area contributed by atoms with Gasteiger partial charge in [-0.25, -0.2) is 14.6 Å². The Morgan fingerprint density at radius 3 is 2.61 bits per heavy atom. The number of amides is 2. The molecule has 0 bridgehead atoms. The van der Waals surface area contributed by atoms with Gasteiger partial charge < -0.3 is 29.4 Å². The predicted molar refractivity (Wildman–Crippen MR) is 113 cm³/mol. The summed E-state index contributed by atoms with van der Waals surface area (Å²) in [6.45, 7) is 0.238. The molecule has 0 saturated heterocycles. The number of nitrogens with one attached hydrogen (secondary N) is 2. The number of methoxy groups -OCH3 is 3. The maximum Gasteiger partial charge on any atom is 0.338 e. The van der Waals surface area contributed by atoms with E-state index in [0.29, 0.717) is 28.3 Å². The second-order valence-corrected chi connectivity index (χ2v) is 6.89. The van der Waals surface area contributed by atoms with Crippen molar-refractivity contribution in [2.75, 3.05) is 21.3 Å². The quantitative estimate of drug-likeness (QED) is 0.592. The van der Waals surface area contributed by atoms with Crippen LogP contribution in [0.3, 0.4) is 0 Å². The minimum absolute atomic E-state index is 0.238. The molecule has 4 rings (SSSR count). The van der Waals surface area contributed by atoms with Gasteiger partial charge in [-0.2, -0.15) is 0 Å². The third kappa shape index (κ3) is 3.77. The number of nitrogens with zero attached hydrogens (tertiary/aromatic N) is 2. The standard InChI is InChI=1S/C22H22N4O5/c1-29-17-9-8-13(10-18(17)30-2)20-19(21(27)31-3)15(24-22(28)25-20)11-26-12-23-14-6-4-5-7-16(14)26/h4-10,12,20H,11H2,1-3H3,(H2,24,25,28)/t20-/m1/s1. The molecule has 1 aromatic heterocycles. The molecular weight excluding hydrogens is 400 g/mol. The Bertz CT molecular complexity index is 1180. The Balaban J connectivity index is 1.81. The third-order valence-electron chi connectivity index (χ3n) is 5.16. The summed E-state index contributed by atoms with van der Waals surface area (Å²) in [5, 5.41) is 5.56. The molecule has 0 aliphatic carbocycles. The van der Waals surface area contributed by atoms with Gasteiger partial charge in [-0.1, -0.05) is 18.2 Å². The van der Waals surface area contributed by atoms with Crippen LogP contribution < -0.4 is 20.1 Å². The maximum atomic E-state index is 12.8. The largest absolute Gasteiger partial charge is 0.493 e. The van der Waals surface area contributed by atoms with E-state index in [1.807, 2.05) is 28.8 Å². The highest BCUT2D eigenvalue weighted by atomic mass is 16.5. The first-order valence-corrected chi connectivity index (χ1v) is 9.56. The van der Waals surface area contributed by atoms with Crippen LogP contribution in [-0.2, 0) is 16.1 Å². The predicted octanol–water partition coefficient (Wildman–Crippen LogP) is 2.53. The number of urea groups is 1. The first-order valence-electron chi connectivity index (χ1n) is 9.56. The van der Waals surface area contributed by atoms with E-state index in [2.05, 4.69) is 15.6 Å². The zero-order valence-electron chi connectivity index (χ0n) is 17.3. The molecule has 1 atom stereocenters. The van der Waals surface area contributed by atoms with E-state index in [9.17, 15) is 9.59 Å². The van der Waals surface area contributed by atoms with Crippen molar-refractivity contribution >= 4 is 23.0 Å². The second-order valence-electron chi connectivity index (χ2n) is 6.89. The Kier molecular flexibility index (Phi) is 5.48. The van der Waals surface area contributed by atoms with Crippen molar-refractivity contribution in [3.8, 4) is 11.5 Å². The lowest BCUT2D eigenvalue weighted by Gasteiger charge is -2.29. The molecule has 9 heteroatoms. The topological polar surface area (TPSA) is 104 Å². The number of carbonyl (C=O) groups excluding carboxylic acids is 2. The molecular formula is C22H22N4O5. The fourth-order valence-electron chi connectivity index (χ4n) is 3.68. The zero-order valence-corrected chi connectivity index (χ0v) is 17.3. The van der Waals surface area contributed by atoms with Crippen molar-refractivity contribution < 1.29 is 23.8 Å². The Morgan fingerprint density at radius 2 is 1.87 bits per heavy atom. The monoisotopic (exact) mass is 422 g/mol. The lowest BCUT2D eigenvalue weighted by atomic mass is 9.94. The van der Waals surface area contributed by atoms with E-state index in [4.69, 9.17) is 14.2 Å². The molecule has 2 aromatic carbocycles. The molecule has 0 saturated carbocycles. The Labute approximate surface area is 178 Å². The summed E-state index contributed by atoms with van der Waals surface area (Å²) < 4.78 is 17.6. The fourth-order valence-corrected chi connectivity index (χ4v) is 3.68. The van der Waals surface area contributed by atoms with Crippen LogP contribution in [-0.4, -0.2) is 42.9 Å². The van der Waals surface area contributed by atoms with Gasteiger partial charge in [0.1, 0.15) is 0 Å². The van der Waals surface area contributed by atoms with Gasteiger partial charge in [0.2, 0.25) is 0 Å². The Hall–Kier alpha value is -4.01. The summed E-state index contributed by atoms with van der Waals surface area (Å²) >= 11 is 0. The second kappa shape index (κ2) is 8.39. The van der Waals surface area contributed by atoms with Gasteiger partial charge in [0.05, 0.1) is 62.5 Å². The number of imidazole rings is 1. The van der Waals surface area contributed by atoms with E-state index >= 15 is 0 Å². The van der Waals surface area contributed by atoms with E-state index < -0.39 is 18.0 Å². The molecule has 1 aliphatic rings. The van der Waals surface area contributed by atoms with Crippen molar-refractivity contribution in [2.45, 2.75) is 12.6 Å². The summed E-state index contributed by atoms with van der Waals surface area (Å²) in [6.07, 6.45) is 1.67. The third-order valence-corrected chi connectivity index (χ3v) is 5.16. The summed E-state index contributed by atoms with van der Waals surface area (Å²) in [4.78, 5) is 29.7. The highest BCUT2D eigenvalue weighted by Gasteiger charge is 2.34. The molecule has 0 radical (unpaired) electrons. The molecule has 9 nitrogen and oxygen atoms in total. The van der Waals surface area contributed by atoms with Crippen molar-refractivity contribution in [3.63, 3.8) is 0 Å². The Morgan fingerprint density at radius 1 is 1.10 bits per heavy atom. The number of hydrogen-bond donors (Lipinski definition) is 2. The first kappa shape index (κ1) is 20.3. The molecule has 1 aliphatic heterocycles. The van der Waals surface area contributed by atoms with E-state index in [0.717, 1.165) is 11.0 Å². The van der Waals surface area contributed by atoms with Crippen LogP contribution in [0.5, 0.6) is 11.5 Å². The van der Waals surface area contributed by atoms with Crippen molar-refractivity contribution in [3.05, 3.63) is 65.6 Å². The molecule has 0 spiro atoms. The minimum Gasteiger partial charge on any atom is -0.493 e. The van der Waals surface area contributed by atoms with Gasteiger partial charge in [0.25, 0.3) is 0 Å². The summed E-state index contributed by atoms with van der Waals surface area (Å²) in [7, 11) is 4.37. The van der Waals surface area contributed by atoms with Gasteiger partial charge in [0.15, 0.2) is 11.5 Å². The minimum atomic E-state index is -0.731. The number of allylic oxidation sites excluding steroid dienone is 1. The molecule has 31 heavy (non-hydrogen) atoms. The van der Waals surface area contributed by atoms with Gasteiger partial charge in [-0.15, -0.1) is 0 Å². The highest BCUT2D eigenvalue weighted by Crippen LogP contribution is 2.34. The van der Waals surface area contributed by atoms with E-state index in [1.165, 1.54) is 21.3 Å². The molecule has 160 valence electrons. The lowest BCUT2D eigenvalue weighted by Crippen LogP contribution is -2.46. The number of ether oxygens (including phenoxy) is 3. The van der Waals surface area contributed by atoms with Crippen molar-refractivity contribution in [1.29, 1.82) is 0 Å². The smallest absolute Gasteiger partial charge is 0.338 e. The molecule has 2 heterocycles. The SMILES string of the molecule is COC(=O)C1=C(Cn2cnc3ccccc32)NC(=O)N[C@@H]1c1ccc(OC)c(OC)c1. The van der Waals surface area contributed by atoms with Crippen LogP contribution in [0.2, 0.25) is 0 Å². The van der Waals surface area contributed by atoms with Gasteiger partial charge in [-0.05, 0) is 29.8 Å². The van der Waals surface area contributed by atoms with E-state index in [-0.39, 0.29) is 6.54 Å². The van der Waals surface area contributed by atoms with E-state index in [1.54, 1.807) is 24.5 Å². The van der Waals surface area contributed by atoms with Crippen LogP contribution >= 0.6 is 0 Å². The van der Waals surface area contributed by atoms with Crippen LogP contribution in [0.25, 0.3) is 11.0 Å². The van der Waals surface area contributed by atoms with Crippen LogP contribution in [0.4, 0.5) is 4.79 Å². The van der Waals surface area contributed by atoms with Gasteiger partial charge in [0, 0.05) is 0 Å². The van der Waals surface area contributed by atoms with Crippen LogP contribution in [0.15, 0.2) is 60.1 Å². The number of carbonyl (C=O) groups is 2. The normalized spacial score (nSPS) is 16.0. The summed E-state index contributed by atoms with van der Waals surface area (Å²) in [5.41, 5.74) is 3.08. The average Bonchev–Trinajstić information content (AvgIpc) is 3.20. The zero-order chi connectivity index (χ0) is 22.0. The number of esters is 1. The van der Waals surface area contributed by atoms with Crippen LogP contribution in [0, 0.1) is 0 Å². The highest BCUT2D eigenvalue weighted by molar-refractivity contribution is 5.95. The van der Waals surface area contributed by atoms with Crippen molar-refractivity contribution in [2.24, 2.45) is 0 Å². The molecule has 2 amide bonds. The molecule has 0 unspecified atom stereocenters. The number of rotatable bonds is 6. The summed E-state index contributed by atoms with van der Waals surface area (Å²) in [5.74, 6) is 0.478. The summed E-state index contributed by atoms with van der Waals surface area (Å²) in [6, 6.07) is 11.7. The number of para-hydroxylation sites is 2.